The van der Waals surface area contributed by atoms with Crippen LogP contribution in [0.15, 0.2) is 30.3 Å². The number of anilines is 1. The Labute approximate surface area is 117 Å². The molecule has 4 N–H and O–H groups in total. The fraction of sp³-hybridized carbons (Fsp3) is 0.429. The number of amides is 3. The van der Waals surface area contributed by atoms with Crippen LogP contribution in [0, 0.1) is 0 Å². The third kappa shape index (κ3) is 4.46. The van der Waals surface area contributed by atoms with Gasteiger partial charge in [0.1, 0.15) is 0 Å². The number of nitrogens with one attached hydrogen (secondary N) is 3. The second-order valence-corrected chi connectivity index (χ2v) is 4.96. The molecular formula is C14H19N3O3. The topological polar surface area (TPSA) is 90.5 Å². The van der Waals surface area contributed by atoms with Crippen LogP contribution in [0.1, 0.15) is 25.7 Å². The monoisotopic (exact) mass is 277 g/mol. The minimum atomic E-state index is -0.983. The van der Waals surface area contributed by atoms with Crippen molar-refractivity contribution in [3.8, 4) is 0 Å². The molecule has 6 nitrogen and oxygen atoms in total. The summed E-state index contributed by atoms with van der Waals surface area (Å²) in [5.41, 5.74) is 0.756. The van der Waals surface area contributed by atoms with E-state index in [4.69, 9.17) is 5.11 Å². The van der Waals surface area contributed by atoms with Crippen molar-refractivity contribution in [2.24, 2.45) is 0 Å². The lowest BCUT2D eigenvalue weighted by Crippen LogP contribution is -2.44. The zero-order valence-corrected chi connectivity index (χ0v) is 11.1. The molecule has 0 unspecified atom stereocenters. The molecule has 1 aliphatic carbocycles. The van der Waals surface area contributed by atoms with Gasteiger partial charge in [-0.1, -0.05) is 18.2 Å². The molecule has 0 spiro atoms. The van der Waals surface area contributed by atoms with Crippen LogP contribution in [0.5, 0.6) is 0 Å². The molecular weight excluding hydrogens is 258 g/mol. The van der Waals surface area contributed by atoms with Crippen molar-refractivity contribution < 1.29 is 14.7 Å². The average Bonchev–Trinajstić information content (AvgIpc) is 2.41. The third-order valence-corrected chi connectivity index (χ3v) is 3.42. The molecule has 6 heteroatoms. The largest absolute Gasteiger partial charge is 0.465 e. The Morgan fingerprint density at radius 2 is 1.50 bits per heavy atom. The molecule has 0 aliphatic heterocycles. The molecule has 20 heavy (non-hydrogen) atoms. The van der Waals surface area contributed by atoms with Crippen molar-refractivity contribution >= 4 is 17.8 Å². The minimum Gasteiger partial charge on any atom is -0.465 e. The van der Waals surface area contributed by atoms with Crippen LogP contribution in [-0.4, -0.2) is 29.3 Å². The van der Waals surface area contributed by atoms with E-state index in [2.05, 4.69) is 16.0 Å². The molecule has 3 amide bonds. The highest BCUT2D eigenvalue weighted by molar-refractivity contribution is 5.89. The van der Waals surface area contributed by atoms with Crippen molar-refractivity contribution in [1.82, 2.24) is 10.6 Å². The van der Waals surface area contributed by atoms with Gasteiger partial charge in [0.15, 0.2) is 0 Å². The second kappa shape index (κ2) is 6.79. The van der Waals surface area contributed by atoms with Gasteiger partial charge < -0.3 is 21.1 Å². The maximum absolute atomic E-state index is 11.8. The minimum absolute atomic E-state index is 0.00253. The number of carbonyl (C=O) groups excluding carboxylic acids is 1. The number of rotatable bonds is 3. The van der Waals surface area contributed by atoms with E-state index in [9.17, 15) is 9.59 Å². The van der Waals surface area contributed by atoms with Gasteiger partial charge in [-0.2, -0.15) is 0 Å². The number of para-hydroxylation sites is 1. The molecule has 0 heterocycles. The first-order valence-corrected chi connectivity index (χ1v) is 6.75. The van der Waals surface area contributed by atoms with Crippen LogP contribution in [0.2, 0.25) is 0 Å². The number of urea groups is 1. The lowest BCUT2D eigenvalue weighted by atomic mass is 9.91. The van der Waals surface area contributed by atoms with Crippen LogP contribution in [0.25, 0.3) is 0 Å². The predicted molar refractivity (Wildman–Crippen MR) is 75.8 cm³/mol. The van der Waals surface area contributed by atoms with Gasteiger partial charge in [0, 0.05) is 17.8 Å². The van der Waals surface area contributed by atoms with Crippen molar-refractivity contribution in [3.63, 3.8) is 0 Å². The molecule has 0 aromatic heterocycles. The Kier molecular flexibility index (Phi) is 4.81. The molecule has 0 atom stereocenters. The van der Waals surface area contributed by atoms with E-state index in [1.807, 2.05) is 30.3 Å². The van der Waals surface area contributed by atoms with E-state index in [1.54, 1.807) is 0 Å². The molecule has 2 rings (SSSR count). The van der Waals surface area contributed by atoms with E-state index < -0.39 is 6.09 Å². The lowest BCUT2D eigenvalue weighted by Gasteiger charge is -2.28. The maximum atomic E-state index is 11.8. The molecule has 1 aromatic rings. The summed E-state index contributed by atoms with van der Waals surface area (Å²) in [7, 11) is 0. The Hall–Kier alpha value is -2.24. The first-order chi connectivity index (χ1) is 9.63. The van der Waals surface area contributed by atoms with E-state index in [-0.39, 0.29) is 18.1 Å². The van der Waals surface area contributed by atoms with Crippen LogP contribution < -0.4 is 16.0 Å². The molecule has 108 valence electrons. The highest BCUT2D eigenvalue weighted by atomic mass is 16.4. The van der Waals surface area contributed by atoms with Gasteiger partial charge in [0.25, 0.3) is 0 Å². The van der Waals surface area contributed by atoms with Gasteiger partial charge in [0.2, 0.25) is 0 Å². The van der Waals surface area contributed by atoms with Crippen molar-refractivity contribution in [2.45, 2.75) is 37.8 Å². The number of carbonyl (C=O) groups is 2. The SMILES string of the molecule is O=C(O)N[C@H]1CC[C@H](NC(=O)Nc2ccccc2)CC1. The summed E-state index contributed by atoms with van der Waals surface area (Å²) < 4.78 is 0. The van der Waals surface area contributed by atoms with Crippen molar-refractivity contribution in [3.05, 3.63) is 30.3 Å². The summed E-state index contributed by atoms with van der Waals surface area (Å²) >= 11 is 0. The van der Waals surface area contributed by atoms with Gasteiger partial charge in [-0.05, 0) is 37.8 Å². The summed E-state index contributed by atoms with van der Waals surface area (Å²) in [5, 5.41) is 16.8. The van der Waals surface area contributed by atoms with Crippen LogP contribution in [0.3, 0.4) is 0 Å². The Morgan fingerprint density at radius 1 is 0.950 bits per heavy atom. The Morgan fingerprint density at radius 3 is 2.05 bits per heavy atom. The van der Waals surface area contributed by atoms with Gasteiger partial charge >= 0.3 is 12.1 Å². The zero-order valence-electron chi connectivity index (χ0n) is 11.1. The van der Waals surface area contributed by atoms with Gasteiger partial charge in [-0.25, -0.2) is 9.59 Å². The quantitative estimate of drug-likeness (QED) is 0.683. The standard InChI is InChI=1S/C14H19N3O3/c18-13(15-10-4-2-1-3-5-10)16-11-6-8-12(9-7-11)17-14(19)20/h1-5,11-12,17H,6-9H2,(H,19,20)(H2,15,16,18)/t11-,12-. The highest BCUT2D eigenvalue weighted by Crippen LogP contribution is 2.18. The summed E-state index contributed by atoms with van der Waals surface area (Å²) in [6.07, 6.45) is 2.09. The summed E-state index contributed by atoms with van der Waals surface area (Å²) in [4.78, 5) is 22.3. The molecule has 1 aliphatic rings. The van der Waals surface area contributed by atoms with Gasteiger partial charge in [-0.3, -0.25) is 0 Å². The van der Waals surface area contributed by atoms with E-state index in [1.165, 1.54) is 0 Å². The van der Waals surface area contributed by atoms with Gasteiger partial charge in [-0.15, -0.1) is 0 Å². The summed E-state index contributed by atoms with van der Waals surface area (Å²) in [6, 6.07) is 9.15. The Bertz CT molecular complexity index is 456. The first-order valence-electron chi connectivity index (χ1n) is 6.75. The highest BCUT2D eigenvalue weighted by Gasteiger charge is 2.23. The smallest absolute Gasteiger partial charge is 0.404 e. The molecule has 1 aromatic carbocycles. The molecule has 0 radical (unpaired) electrons. The van der Waals surface area contributed by atoms with Gasteiger partial charge in [0.05, 0.1) is 0 Å². The van der Waals surface area contributed by atoms with E-state index in [0.717, 1.165) is 31.4 Å². The van der Waals surface area contributed by atoms with Crippen molar-refractivity contribution in [1.29, 1.82) is 0 Å². The number of hydrogen-bond acceptors (Lipinski definition) is 2. The molecule has 0 bridgehead atoms. The predicted octanol–water partition coefficient (Wildman–Crippen LogP) is 2.39. The van der Waals surface area contributed by atoms with Crippen LogP contribution in [0.4, 0.5) is 15.3 Å². The fourth-order valence-corrected chi connectivity index (χ4v) is 2.43. The fourth-order valence-electron chi connectivity index (χ4n) is 2.43. The number of hydrogen-bond donors (Lipinski definition) is 4. The molecule has 1 fully saturated rings. The van der Waals surface area contributed by atoms with E-state index >= 15 is 0 Å². The van der Waals surface area contributed by atoms with Crippen molar-refractivity contribution in [2.75, 3.05) is 5.32 Å². The zero-order chi connectivity index (χ0) is 14.4. The summed E-state index contributed by atoms with van der Waals surface area (Å²) in [6.45, 7) is 0. The normalized spacial score (nSPS) is 21.8. The molecule has 0 saturated heterocycles. The maximum Gasteiger partial charge on any atom is 0.404 e. The third-order valence-electron chi connectivity index (χ3n) is 3.42. The first kappa shape index (κ1) is 14.2. The lowest BCUT2D eigenvalue weighted by molar-refractivity contribution is 0.183. The Balaban J connectivity index is 1.72. The number of carboxylic acid groups (broad SMARTS) is 1. The van der Waals surface area contributed by atoms with E-state index in [0.29, 0.717) is 0 Å². The number of benzene rings is 1. The average molecular weight is 277 g/mol. The summed E-state index contributed by atoms with van der Waals surface area (Å²) in [5.74, 6) is 0. The van der Waals surface area contributed by atoms with Crippen LogP contribution >= 0.6 is 0 Å². The molecule has 1 saturated carbocycles. The second-order valence-electron chi connectivity index (χ2n) is 4.96. The van der Waals surface area contributed by atoms with Crippen LogP contribution in [-0.2, 0) is 0 Å².